The third-order valence-corrected chi connectivity index (χ3v) is 4.58. The number of anilines is 1. The summed E-state index contributed by atoms with van der Waals surface area (Å²) in [5, 5.41) is 3.15. The number of nitrogens with one attached hydrogen (secondary N) is 1. The Morgan fingerprint density at radius 2 is 1.90 bits per heavy atom. The Balaban J connectivity index is 2.14. The first-order valence-corrected chi connectivity index (χ1v) is 8.34. The zero-order valence-corrected chi connectivity index (χ0v) is 14.3. The lowest BCUT2D eigenvalue weighted by atomic mass is 10.2. The Labute approximate surface area is 132 Å². The van der Waals surface area contributed by atoms with Crippen LogP contribution in [0.25, 0.3) is 0 Å². The smallest absolute Gasteiger partial charge is 0.141 e. The van der Waals surface area contributed by atoms with Crippen molar-refractivity contribution in [3.05, 3.63) is 45.8 Å². The van der Waals surface area contributed by atoms with Crippen LogP contribution in [0.4, 0.5) is 5.82 Å². The van der Waals surface area contributed by atoms with E-state index in [9.17, 15) is 0 Å². The highest BCUT2D eigenvalue weighted by atomic mass is 79.9. The van der Waals surface area contributed by atoms with Crippen LogP contribution in [0.5, 0.6) is 0 Å². The second kappa shape index (κ2) is 7.09. The summed E-state index contributed by atoms with van der Waals surface area (Å²) < 4.78 is 1.10. The van der Waals surface area contributed by atoms with Crippen LogP contribution in [0, 0.1) is 6.92 Å². The number of hydrogen-bond donors (Lipinski definition) is 1. The van der Waals surface area contributed by atoms with Crippen LogP contribution in [0.1, 0.15) is 24.0 Å². The molecule has 0 radical (unpaired) electrons. The van der Waals surface area contributed by atoms with Gasteiger partial charge in [0.25, 0.3) is 0 Å². The number of aryl methyl sites for hydroxylation is 1. The van der Waals surface area contributed by atoms with E-state index in [4.69, 9.17) is 0 Å². The molecule has 1 heterocycles. The highest BCUT2D eigenvalue weighted by Crippen LogP contribution is 2.24. The van der Waals surface area contributed by atoms with Crippen molar-refractivity contribution in [1.29, 1.82) is 0 Å². The summed E-state index contributed by atoms with van der Waals surface area (Å²) in [7, 11) is 1.90. The maximum absolute atomic E-state index is 4.65. The van der Waals surface area contributed by atoms with Crippen molar-refractivity contribution in [2.75, 3.05) is 12.4 Å². The zero-order valence-electron chi connectivity index (χ0n) is 11.9. The molecule has 0 aliphatic carbocycles. The minimum absolute atomic E-state index is 0.781. The van der Waals surface area contributed by atoms with E-state index in [1.807, 2.05) is 7.05 Å². The molecule has 0 saturated heterocycles. The zero-order chi connectivity index (χ0) is 14.5. The second-order valence-electron chi connectivity index (χ2n) is 4.41. The molecule has 1 N–H and O–H groups in total. The van der Waals surface area contributed by atoms with Crippen LogP contribution in [-0.4, -0.2) is 17.0 Å². The molecule has 0 atom stereocenters. The predicted molar refractivity (Wildman–Crippen MR) is 89.4 cm³/mol. The van der Waals surface area contributed by atoms with E-state index in [0.717, 1.165) is 39.5 Å². The van der Waals surface area contributed by atoms with E-state index in [-0.39, 0.29) is 0 Å². The third-order valence-electron chi connectivity index (χ3n) is 3.05. The molecule has 1 aromatic heterocycles. The van der Waals surface area contributed by atoms with E-state index in [2.05, 4.69) is 69.3 Å². The summed E-state index contributed by atoms with van der Waals surface area (Å²) in [4.78, 5) is 10.5. The Hall–Kier alpha value is -1.07. The number of nitrogens with zero attached hydrogens (tertiary/aromatic N) is 2. The molecule has 0 aliphatic heterocycles. The maximum Gasteiger partial charge on any atom is 0.141 e. The largest absolute Gasteiger partial charge is 0.373 e. The minimum atomic E-state index is 0.781. The van der Waals surface area contributed by atoms with Gasteiger partial charge in [-0.2, -0.15) is 0 Å². The van der Waals surface area contributed by atoms with Gasteiger partial charge < -0.3 is 5.32 Å². The van der Waals surface area contributed by atoms with Gasteiger partial charge in [0.15, 0.2) is 0 Å². The molecule has 3 nitrogen and oxygen atoms in total. The SMILES string of the molecule is CCc1nc(CSc2ccc(Br)cc2)nc(NC)c1C. The van der Waals surface area contributed by atoms with E-state index in [1.54, 1.807) is 11.8 Å². The second-order valence-corrected chi connectivity index (χ2v) is 6.37. The summed E-state index contributed by atoms with van der Waals surface area (Å²) >= 11 is 5.20. The number of thioether (sulfide) groups is 1. The van der Waals surface area contributed by atoms with Crippen molar-refractivity contribution >= 4 is 33.5 Å². The summed E-state index contributed by atoms with van der Waals surface area (Å²) in [5.41, 5.74) is 2.27. The average Bonchev–Trinajstić information content (AvgIpc) is 2.47. The molecule has 0 bridgehead atoms. The monoisotopic (exact) mass is 351 g/mol. The van der Waals surface area contributed by atoms with Crippen LogP contribution < -0.4 is 5.32 Å². The average molecular weight is 352 g/mol. The fourth-order valence-corrected chi connectivity index (χ4v) is 2.96. The number of aromatic nitrogens is 2. The summed E-state index contributed by atoms with van der Waals surface area (Å²) in [6, 6.07) is 8.30. The number of benzene rings is 1. The standard InChI is InChI=1S/C15H18BrN3S/c1-4-13-10(2)15(17-3)19-14(18-13)9-20-12-7-5-11(16)6-8-12/h5-8H,4,9H2,1-3H3,(H,17,18,19). The lowest BCUT2D eigenvalue weighted by Crippen LogP contribution is -2.06. The first-order chi connectivity index (χ1) is 9.63. The van der Waals surface area contributed by atoms with E-state index < -0.39 is 0 Å². The molecule has 0 unspecified atom stereocenters. The van der Waals surface area contributed by atoms with Gasteiger partial charge in [-0.3, -0.25) is 0 Å². The van der Waals surface area contributed by atoms with E-state index in [0.29, 0.717) is 0 Å². The Bertz CT molecular complexity index is 559. The van der Waals surface area contributed by atoms with Crippen LogP contribution in [0.15, 0.2) is 33.6 Å². The molecule has 5 heteroatoms. The quantitative estimate of drug-likeness (QED) is 0.807. The van der Waals surface area contributed by atoms with Crippen LogP contribution in [0.3, 0.4) is 0 Å². The Kier molecular flexibility index (Phi) is 5.43. The maximum atomic E-state index is 4.65. The normalized spacial score (nSPS) is 10.6. The topological polar surface area (TPSA) is 37.8 Å². The molecule has 2 rings (SSSR count). The summed E-state index contributed by atoms with van der Waals surface area (Å²) in [5.74, 6) is 2.59. The molecule has 2 aromatic rings. The van der Waals surface area contributed by atoms with Crippen molar-refractivity contribution in [3.8, 4) is 0 Å². The van der Waals surface area contributed by atoms with Gasteiger partial charge in [0.2, 0.25) is 0 Å². The summed E-state index contributed by atoms with van der Waals surface area (Å²) in [6.07, 6.45) is 0.930. The van der Waals surface area contributed by atoms with Crippen molar-refractivity contribution in [3.63, 3.8) is 0 Å². The molecule has 0 spiro atoms. The molecule has 0 aliphatic rings. The molecule has 106 valence electrons. The van der Waals surface area contributed by atoms with Gasteiger partial charge in [0.05, 0.1) is 5.75 Å². The van der Waals surface area contributed by atoms with Crippen LogP contribution >= 0.6 is 27.7 Å². The first-order valence-electron chi connectivity index (χ1n) is 6.56. The fraction of sp³-hybridized carbons (Fsp3) is 0.333. The third kappa shape index (κ3) is 3.73. The fourth-order valence-electron chi connectivity index (χ4n) is 1.95. The van der Waals surface area contributed by atoms with E-state index in [1.165, 1.54) is 4.90 Å². The van der Waals surface area contributed by atoms with Crippen molar-refractivity contribution < 1.29 is 0 Å². The van der Waals surface area contributed by atoms with Crippen LogP contribution in [-0.2, 0) is 12.2 Å². The van der Waals surface area contributed by atoms with Crippen molar-refractivity contribution in [1.82, 2.24) is 9.97 Å². The van der Waals surface area contributed by atoms with Gasteiger partial charge in [-0.25, -0.2) is 9.97 Å². The lowest BCUT2D eigenvalue weighted by Gasteiger charge is -2.11. The molecule has 0 fully saturated rings. The van der Waals surface area contributed by atoms with Crippen LogP contribution in [0.2, 0.25) is 0 Å². The van der Waals surface area contributed by atoms with E-state index >= 15 is 0 Å². The molecule has 0 saturated carbocycles. The predicted octanol–water partition coefficient (Wildman–Crippen LogP) is 4.44. The van der Waals surface area contributed by atoms with Gasteiger partial charge in [-0.1, -0.05) is 22.9 Å². The van der Waals surface area contributed by atoms with Crippen molar-refractivity contribution in [2.45, 2.75) is 30.9 Å². The van der Waals surface area contributed by atoms with Gasteiger partial charge in [0.1, 0.15) is 11.6 Å². The van der Waals surface area contributed by atoms with Gasteiger partial charge in [-0.05, 0) is 37.6 Å². The van der Waals surface area contributed by atoms with Gasteiger partial charge in [-0.15, -0.1) is 11.8 Å². The highest BCUT2D eigenvalue weighted by Gasteiger charge is 2.09. The highest BCUT2D eigenvalue weighted by molar-refractivity contribution is 9.10. The van der Waals surface area contributed by atoms with Gasteiger partial charge in [0, 0.05) is 27.7 Å². The minimum Gasteiger partial charge on any atom is -0.373 e. The number of hydrogen-bond acceptors (Lipinski definition) is 4. The summed E-state index contributed by atoms with van der Waals surface area (Å²) in [6.45, 7) is 4.19. The molecule has 0 amide bonds. The molecular formula is C15H18BrN3S. The Morgan fingerprint density at radius 3 is 2.50 bits per heavy atom. The van der Waals surface area contributed by atoms with Gasteiger partial charge >= 0.3 is 0 Å². The molecule has 1 aromatic carbocycles. The molecular weight excluding hydrogens is 334 g/mol. The Morgan fingerprint density at radius 1 is 1.20 bits per heavy atom. The lowest BCUT2D eigenvalue weighted by molar-refractivity contribution is 0.920. The first kappa shape index (κ1) is 15.3. The van der Waals surface area contributed by atoms with Crippen molar-refractivity contribution in [2.24, 2.45) is 0 Å². The molecule has 20 heavy (non-hydrogen) atoms. The number of halogens is 1. The number of rotatable bonds is 5.